The van der Waals surface area contributed by atoms with Gasteiger partial charge in [0.25, 0.3) is 0 Å². The molecule has 4 nitrogen and oxygen atoms in total. The number of hydrogen-bond donors (Lipinski definition) is 1. The summed E-state index contributed by atoms with van der Waals surface area (Å²) in [5.74, 6) is 1.40. The summed E-state index contributed by atoms with van der Waals surface area (Å²) in [6.45, 7) is 0.466. The Balaban J connectivity index is 1.53. The molecular weight excluding hydrogens is 288 g/mol. The maximum atomic E-state index is 12.1. The Morgan fingerprint density at radius 3 is 2.87 bits per heavy atom. The molecule has 0 aliphatic heterocycles. The Bertz CT molecular complexity index is 637. The van der Waals surface area contributed by atoms with E-state index in [1.165, 1.54) is 25.7 Å². The Kier molecular flexibility index (Phi) is 5.25. The number of aromatic nitrogens is 1. The third-order valence-electron chi connectivity index (χ3n) is 4.19. The summed E-state index contributed by atoms with van der Waals surface area (Å²) in [5.41, 5.74) is 1.81. The third-order valence-corrected chi connectivity index (χ3v) is 4.19. The van der Waals surface area contributed by atoms with E-state index in [0.29, 0.717) is 18.9 Å². The number of ether oxygens (including phenoxy) is 1. The topological polar surface area (TPSA) is 51.2 Å². The minimum atomic E-state index is 0.0984. The van der Waals surface area contributed by atoms with E-state index in [2.05, 4.69) is 10.3 Å². The van der Waals surface area contributed by atoms with Gasteiger partial charge < -0.3 is 10.1 Å². The Hall–Kier alpha value is -2.36. The summed E-state index contributed by atoms with van der Waals surface area (Å²) in [7, 11) is 0. The fraction of sp³-hybridized carbons (Fsp3) is 0.368. The summed E-state index contributed by atoms with van der Waals surface area (Å²) in [5, 5.41) is 2.98. The Morgan fingerprint density at radius 2 is 2.09 bits per heavy atom. The number of nitrogens with zero attached hydrogens (tertiary/aromatic N) is 1. The highest BCUT2D eigenvalue weighted by Gasteiger charge is 2.18. The number of amides is 1. The molecule has 1 aliphatic carbocycles. The van der Waals surface area contributed by atoms with Gasteiger partial charge in [-0.1, -0.05) is 25.0 Å². The predicted molar refractivity (Wildman–Crippen MR) is 90.2 cm³/mol. The van der Waals surface area contributed by atoms with Crippen molar-refractivity contribution in [3.8, 4) is 5.75 Å². The predicted octanol–water partition coefficient (Wildman–Crippen LogP) is 4.18. The quantitative estimate of drug-likeness (QED) is 0.871. The minimum Gasteiger partial charge on any atom is -0.489 e. The number of carbonyl (C=O) groups excluding carboxylic acids is 1. The zero-order chi connectivity index (χ0) is 15.9. The van der Waals surface area contributed by atoms with E-state index in [1.807, 2.05) is 36.4 Å². The molecule has 0 unspecified atom stereocenters. The first-order chi connectivity index (χ1) is 11.3. The molecule has 0 spiro atoms. The van der Waals surface area contributed by atoms with Crippen molar-refractivity contribution in [3.05, 3.63) is 54.4 Å². The third kappa shape index (κ3) is 4.81. The molecule has 1 amide bonds. The summed E-state index contributed by atoms with van der Waals surface area (Å²) < 4.78 is 5.76. The van der Waals surface area contributed by atoms with Crippen LogP contribution in [0.15, 0.2) is 48.8 Å². The second kappa shape index (κ2) is 7.77. The average Bonchev–Trinajstić information content (AvgIpc) is 3.07. The largest absolute Gasteiger partial charge is 0.489 e. The minimum absolute atomic E-state index is 0.0984. The second-order valence-electron chi connectivity index (χ2n) is 6.08. The normalized spacial score (nSPS) is 14.6. The maximum Gasteiger partial charge on any atom is 0.224 e. The first-order valence-corrected chi connectivity index (χ1v) is 8.21. The van der Waals surface area contributed by atoms with E-state index in [9.17, 15) is 4.79 Å². The summed E-state index contributed by atoms with van der Waals surface area (Å²) >= 11 is 0. The molecule has 1 aromatic heterocycles. The molecule has 3 rings (SSSR count). The first kappa shape index (κ1) is 15.5. The highest BCUT2D eigenvalue weighted by Crippen LogP contribution is 2.28. The number of rotatable bonds is 6. The van der Waals surface area contributed by atoms with E-state index in [1.54, 1.807) is 12.4 Å². The summed E-state index contributed by atoms with van der Waals surface area (Å²) in [6.07, 6.45) is 9.03. The van der Waals surface area contributed by atoms with E-state index in [0.717, 1.165) is 17.0 Å². The Labute approximate surface area is 136 Å². The van der Waals surface area contributed by atoms with Gasteiger partial charge in [-0.2, -0.15) is 0 Å². The fourth-order valence-electron chi connectivity index (χ4n) is 3.00. The molecule has 23 heavy (non-hydrogen) atoms. The number of nitrogens with one attached hydrogen (secondary N) is 1. The second-order valence-corrected chi connectivity index (χ2v) is 6.08. The van der Waals surface area contributed by atoms with Crippen LogP contribution < -0.4 is 10.1 Å². The van der Waals surface area contributed by atoms with Crippen molar-refractivity contribution in [2.75, 3.05) is 5.32 Å². The molecule has 0 saturated heterocycles. The van der Waals surface area contributed by atoms with Crippen LogP contribution in [0.2, 0.25) is 0 Å². The van der Waals surface area contributed by atoms with Crippen LogP contribution in [0, 0.1) is 5.92 Å². The van der Waals surface area contributed by atoms with E-state index < -0.39 is 0 Å². The smallest absolute Gasteiger partial charge is 0.224 e. The van der Waals surface area contributed by atoms with Gasteiger partial charge in [0.05, 0.1) is 0 Å². The van der Waals surface area contributed by atoms with Crippen LogP contribution in [-0.2, 0) is 11.4 Å². The van der Waals surface area contributed by atoms with Crippen molar-refractivity contribution in [2.45, 2.75) is 38.7 Å². The summed E-state index contributed by atoms with van der Waals surface area (Å²) in [6, 6.07) is 11.4. The highest BCUT2D eigenvalue weighted by atomic mass is 16.5. The number of carbonyl (C=O) groups is 1. The molecule has 0 radical (unpaired) electrons. The molecule has 1 aromatic carbocycles. The number of benzene rings is 1. The van der Waals surface area contributed by atoms with Crippen molar-refractivity contribution in [2.24, 2.45) is 5.92 Å². The zero-order valence-corrected chi connectivity index (χ0v) is 13.2. The van der Waals surface area contributed by atoms with E-state index in [-0.39, 0.29) is 5.91 Å². The van der Waals surface area contributed by atoms with Crippen molar-refractivity contribution in [1.29, 1.82) is 0 Å². The lowest BCUT2D eigenvalue weighted by atomic mass is 10.0. The van der Waals surface area contributed by atoms with E-state index in [4.69, 9.17) is 4.74 Å². The molecule has 0 bridgehead atoms. The number of anilines is 1. The van der Waals surface area contributed by atoms with Gasteiger partial charge in [0, 0.05) is 36.1 Å². The molecule has 1 aliphatic rings. The van der Waals surface area contributed by atoms with Crippen molar-refractivity contribution in [1.82, 2.24) is 4.98 Å². The van der Waals surface area contributed by atoms with Crippen LogP contribution in [0.3, 0.4) is 0 Å². The lowest BCUT2D eigenvalue weighted by molar-refractivity contribution is -0.117. The van der Waals surface area contributed by atoms with Crippen LogP contribution >= 0.6 is 0 Å². The van der Waals surface area contributed by atoms with Gasteiger partial charge in [0.15, 0.2) is 0 Å². The lowest BCUT2D eigenvalue weighted by Crippen LogP contribution is -2.15. The molecule has 1 heterocycles. The van der Waals surface area contributed by atoms with Crippen molar-refractivity contribution in [3.63, 3.8) is 0 Å². The van der Waals surface area contributed by atoms with Crippen molar-refractivity contribution >= 4 is 11.6 Å². The summed E-state index contributed by atoms with van der Waals surface area (Å²) in [4.78, 5) is 16.2. The fourth-order valence-corrected chi connectivity index (χ4v) is 3.00. The van der Waals surface area contributed by atoms with Crippen LogP contribution in [0.4, 0.5) is 5.69 Å². The zero-order valence-electron chi connectivity index (χ0n) is 13.2. The average molecular weight is 310 g/mol. The van der Waals surface area contributed by atoms with Crippen LogP contribution in [0.25, 0.3) is 0 Å². The monoisotopic (exact) mass is 310 g/mol. The maximum absolute atomic E-state index is 12.1. The SMILES string of the molecule is O=C(CC1CCCC1)Nc1cccc(OCc2cccnc2)c1. The molecular formula is C19H22N2O2. The number of hydrogen-bond acceptors (Lipinski definition) is 3. The molecule has 0 atom stereocenters. The van der Waals surface area contributed by atoms with Gasteiger partial charge in [-0.05, 0) is 37.0 Å². The standard InChI is InChI=1S/C19H22N2O2/c22-19(11-15-5-1-2-6-15)21-17-8-3-9-18(12-17)23-14-16-7-4-10-20-13-16/h3-4,7-10,12-13,15H,1-2,5-6,11,14H2,(H,21,22). The van der Waals surface area contributed by atoms with Crippen molar-refractivity contribution < 1.29 is 9.53 Å². The lowest BCUT2D eigenvalue weighted by Gasteiger charge is -2.11. The van der Waals surface area contributed by atoms with Gasteiger partial charge in [0.1, 0.15) is 12.4 Å². The Morgan fingerprint density at radius 1 is 1.22 bits per heavy atom. The van der Waals surface area contributed by atoms with Crippen LogP contribution in [0.5, 0.6) is 5.75 Å². The first-order valence-electron chi connectivity index (χ1n) is 8.21. The highest BCUT2D eigenvalue weighted by molar-refractivity contribution is 5.91. The molecule has 120 valence electrons. The van der Waals surface area contributed by atoms with Gasteiger partial charge in [-0.15, -0.1) is 0 Å². The van der Waals surface area contributed by atoms with E-state index >= 15 is 0 Å². The molecule has 1 fully saturated rings. The van der Waals surface area contributed by atoms with Gasteiger partial charge in [-0.25, -0.2) is 0 Å². The number of pyridine rings is 1. The molecule has 4 heteroatoms. The van der Waals surface area contributed by atoms with Crippen LogP contribution in [-0.4, -0.2) is 10.9 Å². The van der Waals surface area contributed by atoms with Gasteiger partial charge in [-0.3, -0.25) is 9.78 Å². The van der Waals surface area contributed by atoms with Gasteiger partial charge in [0.2, 0.25) is 5.91 Å². The molecule has 2 aromatic rings. The van der Waals surface area contributed by atoms with Crippen LogP contribution in [0.1, 0.15) is 37.7 Å². The van der Waals surface area contributed by atoms with Gasteiger partial charge >= 0.3 is 0 Å². The molecule has 1 saturated carbocycles. The molecule has 1 N–H and O–H groups in total.